The zero-order valence-electron chi connectivity index (χ0n) is 10.7. The monoisotopic (exact) mass is 242 g/mol. The molecule has 2 aromatic rings. The SMILES string of the molecule is Cc1cccnc1CNC(C)c1cccc(O)c1. The van der Waals surface area contributed by atoms with Gasteiger partial charge in [-0.2, -0.15) is 0 Å². The summed E-state index contributed by atoms with van der Waals surface area (Å²) in [5.74, 6) is 0.301. The third-order valence-electron chi connectivity index (χ3n) is 3.06. The number of phenols is 1. The predicted octanol–water partition coefficient (Wildman–Crippen LogP) is 2.95. The number of phenolic OH excluding ortho intramolecular Hbond substituents is 1. The van der Waals surface area contributed by atoms with E-state index in [1.165, 1.54) is 5.56 Å². The summed E-state index contributed by atoms with van der Waals surface area (Å²) in [6, 6.07) is 11.5. The number of aryl methyl sites for hydroxylation is 1. The minimum absolute atomic E-state index is 0.179. The number of rotatable bonds is 4. The quantitative estimate of drug-likeness (QED) is 0.866. The fraction of sp³-hybridized carbons (Fsp3) is 0.267. The van der Waals surface area contributed by atoms with E-state index in [2.05, 4.69) is 30.2 Å². The van der Waals surface area contributed by atoms with Crippen LogP contribution in [0.5, 0.6) is 5.75 Å². The highest BCUT2D eigenvalue weighted by atomic mass is 16.3. The first kappa shape index (κ1) is 12.6. The Morgan fingerprint density at radius 3 is 2.83 bits per heavy atom. The molecule has 0 aliphatic rings. The third-order valence-corrected chi connectivity index (χ3v) is 3.06. The van der Waals surface area contributed by atoms with Gasteiger partial charge in [-0.3, -0.25) is 4.98 Å². The normalized spacial score (nSPS) is 12.3. The van der Waals surface area contributed by atoms with Crippen molar-refractivity contribution in [2.24, 2.45) is 0 Å². The molecular formula is C15H18N2O. The number of hydrogen-bond acceptors (Lipinski definition) is 3. The van der Waals surface area contributed by atoms with E-state index in [0.29, 0.717) is 5.75 Å². The summed E-state index contributed by atoms with van der Waals surface area (Å²) in [6.45, 7) is 4.86. The number of pyridine rings is 1. The van der Waals surface area contributed by atoms with Gasteiger partial charge in [0.25, 0.3) is 0 Å². The van der Waals surface area contributed by atoms with Crippen molar-refractivity contribution in [3.8, 4) is 5.75 Å². The van der Waals surface area contributed by atoms with Gasteiger partial charge < -0.3 is 10.4 Å². The molecule has 2 N–H and O–H groups in total. The Balaban J connectivity index is 2.00. The second kappa shape index (κ2) is 5.65. The molecular weight excluding hydrogens is 224 g/mol. The summed E-state index contributed by atoms with van der Waals surface area (Å²) < 4.78 is 0. The van der Waals surface area contributed by atoms with Crippen molar-refractivity contribution >= 4 is 0 Å². The van der Waals surface area contributed by atoms with E-state index in [9.17, 15) is 5.11 Å². The smallest absolute Gasteiger partial charge is 0.115 e. The Hall–Kier alpha value is -1.87. The first-order valence-corrected chi connectivity index (χ1v) is 6.09. The van der Waals surface area contributed by atoms with Crippen LogP contribution in [0.2, 0.25) is 0 Å². The Morgan fingerprint density at radius 1 is 1.28 bits per heavy atom. The van der Waals surface area contributed by atoms with Crippen LogP contribution >= 0.6 is 0 Å². The first-order chi connectivity index (χ1) is 8.66. The van der Waals surface area contributed by atoms with Crippen molar-refractivity contribution in [3.05, 3.63) is 59.4 Å². The molecule has 1 aromatic heterocycles. The summed E-state index contributed by atoms with van der Waals surface area (Å²) in [6.07, 6.45) is 1.81. The van der Waals surface area contributed by atoms with Crippen LogP contribution in [0.1, 0.15) is 29.8 Å². The van der Waals surface area contributed by atoms with Crippen LogP contribution in [0.25, 0.3) is 0 Å². The van der Waals surface area contributed by atoms with Crippen molar-refractivity contribution in [3.63, 3.8) is 0 Å². The third kappa shape index (κ3) is 3.08. The van der Waals surface area contributed by atoms with Crippen molar-refractivity contribution in [2.45, 2.75) is 26.4 Å². The molecule has 1 heterocycles. The Kier molecular flexibility index (Phi) is 3.95. The summed E-state index contributed by atoms with van der Waals surface area (Å²) in [4.78, 5) is 4.35. The standard InChI is InChI=1S/C15H18N2O/c1-11-5-4-8-16-15(11)10-17-12(2)13-6-3-7-14(18)9-13/h3-9,12,17-18H,10H2,1-2H3. The Bertz CT molecular complexity index is 525. The van der Waals surface area contributed by atoms with E-state index in [1.54, 1.807) is 12.1 Å². The molecule has 2 rings (SSSR count). The lowest BCUT2D eigenvalue weighted by Crippen LogP contribution is -2.19. The molecule has 18 heavy (non-hydrogen) atoms. The zero-order chi connectivity index (χ0) is 13.0. The second-order valence-electron chi connectivity index (χ2n) is 4.46. The van der Waals surface area contributed by atoms with Crippen LogP contribution in [0.4, 0.5) is 0 Å². The number of aromatic nitrogens is 1. The van der Waals surface area contributed by atoms with Crippen LogP contribution < -0.4 is 5.32 Å². The number of nitrogens with zero attached hydrogens (tertiary/aromatic N) is 1. The van der Waals surface area contributed by atoms with E-state index in [4.69, 9.17) is 0 Å². The summed E-state index contributed by atoms with van der Waals surface area (Å²) in [5, 5.41) is 12.9. The number of benzene rings is 1. The molecule has 1 atom stereocenters. The number of nitrogens with one attached hydrogen (secondary N) is 1. The van der Waals surface area contributed by atoms with E-state index in [0.717, 1.165) is 17.8 Å². The van der Waals surface area contributed by atoms with E-state index in [-0.39, 0.29) is 6.04 Å². The maximum Gasteiger partial charge on any atom is 0.115 e. The lowest BCUT2D eigenvalue weighted by molar-refractivity contribution is 0.472. The van der Waals surface area contributed by atoms with Crippen molar-refractivity contribution in [1.82, 2.24) is 10.3 Å². The predicted molar refractivity (Wildman–Crippen MR) is 72.3 cm³/mol. The molecule has 1 aromatic carbocycles. The Morgan fingerprint density at radius 2 is 2.11 bits per heavy atom. The van der Waals surface area contributed by atoms with Gasteiger partial charge in [0.15, 0.2) is 0 Å². The minimum atomic E-state index is 0.179. The van der Waals surface area contributed by atoms with Crippen LogP contribution in [-0.4, -0.2) is 10.1 Å². The van der Waals surface area contributed by atoms with Crippen molar-refractivity contribution in [1.29, 1.82) is 0 Å². The van der Waals surface area contributed by atoms with Gasteiger partial charge in [-0.1, -0.05) is 18.2 Å². The van der Waals surface area contributed by atoms with Gasteiger partial charge in [0.05, 0.1) is 5.69 Å². The highest BCUT2D eigenvalue weighted by molar-refractivity contribution is 5.29. The fourth-order valence-corrected chi connectivity index (χ4v) is 1.87. The topological polar surface area (TPSA) is 45.2 Å². The summed E-state index contributed by atoms with van der Waals surface area (Å²) in [7, 11) is 0. The highest BCUT2D eigenvalue weighted by Gasteiger charge is 2.06. The Labute approximate surface area is 108 Å². The average Bonchev–Trinajstić information content (AvgIpc) is 2.37. The minimum Gasteiger partial charge on any atom is -0.508 e. The van der Waals surface area contributed by atoms with Crippen LogP contribution in [0.3, 0.4) is 0 Å². The maximum atomic E-state index is 9.45. The van der Waals surface area contributed by atoms with Gasteiger partial charge >= 0.3 is 0 Å². The molecule has 3 heteroatoms. The van der Waals surface area contributed by atoms with Gasteiger partial charge in [0.2, 0.25) is 0 Å². The second-order valence-corrected chi connectivity index (χ2v) is 4.46. The van der Waals surface area contributed by atoms with Crippen LogP contribution in [0.15, 0.2) is 42.6 Å². The first-order valence-electron chi connectivity index (χ1n) is 6.09. The molecule has 0 fully saturated rings. The molecule has 0 bridgehead atoms. The molecule has 0 amide bonds. The van der Waals surface area contributed by atoms with Gasteiger partial charge in [0.1, 0.15) is 5.75 Å². The van der Waals surface area contributed by atoms with Gasteiger partial charge in [-0.05, 0) is 43.2 Å². The van der Waals surface area contributed by atoms with Crippen molar-refractivity contribution < 1.29 is 5.11 Å². The molecule has 0 spiro atoms. The molecule has 3 nitrogen and oxygen atoms in total. The lowest BCUT2D eigenvalue weighted by Gasteiger charge is -2.15. The van der Waals surface area contributed by atoms with E-state index >= 15 is 0 Å². The maximum absolute atomic E-state index is 9.45. The van der Waals surface area contributed by atoms with E-state index < -0.39 is 0 Å². The highest BCUT2D eigenvalue weighted by Crippen LogP contribution is 2.18. The number of hydrogen-bond donors (Lipinski definition) is 2. The number of aromatic hydroxyl groups is 1. The molecule has 0 aliphatic heterocycles. The van der Waals surface area contributed by atoms with Crippen LogP contribution in [-0.2, 0) is 6.54 Å². The van der Waals surface area contributed by atoms with Crippen molar-refractivity contribution in [2.75, 3.05) is 0 Å². The molecule has 0 radical (unpaired) electrons. The fourth-order valence-electron chi connectivity index (χ4n) is 1.87. The molecule has 0 aliphatic carbocycles. The largest absolute Gasteiger partial charge is 0.508 e. The molecule has 94 valence electrons. The van der Waals surface area contributed by atoms with Gasteiger partial charge in [-0.25, -0.2) is 0 Å². The lowest BCUT2D eigenvalue weighted by atomic mass is 10.1. The summed E-state index contributed by atoms with van der Waals surface area (Å²) >= 11 is 0. The molecule has 0 saturated heterocycles. The average molecular weight is 242 g/mol. The van der Waals surface area contributed by atoms with E-state index in [1.807, 2.05) is 24.4 Å². The zero-order valence-corrected chi connectivity index (χ0v) is 10.7. The summed E-state index contributed by atoms with van der Waals surface area (Å²) in [5.41, 5.74) is 3.32. The van der Waals surface area contributed by atoms with Gasteiger partial charge in [-0.15, -0.1) is 0 Å². The van der Waals surface area contributed by atoms with Gasteiger partial charge in [0, 0.05) is 18.8 Å². The molecule has 0 saturated carbocycles. The molecule has 1 unspecified atom stereocenters. The van der Waals surface area contributed by atoms with Crippen LogP contribution in [0, 0.1) is 6.92 Å².